The summed E-state index contributed by atoms with van der Waals surface area (Å²) in [7, 11) is 0. The van der Waals surface area contributed by atoms with Gasteiger partial charge in [-0.15, -0.1) is 0 Å². The second-order valence-electron chi connectivity index (χ2n) is 5.28. The van der Waals surface area contributed by atoms with Gasteiger partial charge in [0.2, 0.25) is 0 Å². The fraction of sp³-hybridized carbons (Fsp3) is 0.467. The Balaban J connectivity index is 2.82. The van der Waals surface area contributed by atoms with E-state index in [1.165, 1.54) is 11.0 Å². The van der Waals surface area contributed by atoms with Crippen molar-refractivity contribution < 1.29 is 19.4 Å². The van der Waals surface area contributed by atoms with E-state index in [0.29, 0.717) is 18.0 Å². The molecule has 6 heteroatoms. The summed E-state index contributed by atoms with van der Waals surface area (Å²) in [5.41, 5.74) is 0.107. The molecule has 0 saturated carbocycles. The third-order valence-electron chi connectivity index (χ3n) is 3.21. The van der Waals surface area contributed by atoms with E-state index in [4.69, 9.17) is 9.84 Å². The van der Waals surface area contributed by atoms with Gasteiger partial charge in [-0.3, -0.25) is 4.90 Å². The quantitative estimate of drug-likeness (QED) is 0.871. The number of rotatable bonds is 5. The summed E-state index contributed by atoms with van der Waals surface area (Å²) in [6.07, 6.45) is -0.839. The van der Waals surface area contributed by atoms with Crippen LogP contribution in [0.4, 0.5) is 15.3 Å². The van der Waals surface area contributed by atoms with Gasteiger partial charge in [0, 0.05) is 18.2 Å². The van der Waals surface area contributed by atoms with Crippen molar-refractivity contribution in [2.45, 2.75) is 39.7 Å². The molecule has 2 amide bonds. The van der Waals surface area contributed by atoms with Gasteiger partial charge in [0.1, 0.15) is 5.75 Å². The number of nitrogens with zero attached hydrogens (tertiary/aromatic N) is 1. The van der Waals surface area contributed by atoms with Crippen molar-refractivity contribution in [3.05, 3.63) is 24.3 Å². The largest absolute Gasteiger partial charge is 0.465 e. The molecule has 1 rings (SSSR count). The normalized spacial score (nSPS) is 10.9. The number of carbonyl (C=O) groups excluding carboxylic acids is 1. The van der Waals surface area contributed by atoms with Crippen LogP contribution >= 0.6 is 0 Å². The van der Waals surface area contributed by atoms with Gasteiger partial charge in [-0.1, -0.05) is 13.0 Å². The lowest BCUT2D eigenvalue weighted by Crippen LogP contribution is -2.44. The Morgan fingerprint density at radius 2 is 2.00 bits per heavy atom. The molecule has 21 heavy (non-hydrogen) atoms. The number of hydrogen-bond acceptors (Lipinski definition) is 3. The van der Waals surface area contributed by atoms with Crippen molar-refractivity contribution in [1.82, 2.24) is 5.32 Å². The Labute approximate surface area is 124 Å². The zero-order valence-corrected chi connectivity index (χ0v) is 12.8. The highest BCUT2D eigenvalue weighted by molar-refractivity contribution is 5.86. The van der Waals surface area contributed by atoms with Crippen LogP contribution in [0.15, 0.2) is 24.3 Å². The smallest absolute Gasteiger partial charge is 0.413 e. The fourth-order valence-corrected chi connectivity index (χ4v) is 1.64. The summed E-state index contributed by atoms with van der Waals surface area (Å²) in [4.78, 5) is 24.1. The zero-order valence-electron chi connectivity index (χ0n) is 12.8. The van der Waals surface area contributed by atoms with Crippen molar-refractivity contribution in [3.8, 4) is 5.75 Å². The van der Waals surface area contributed by atoms with Crippen molar-refractivity contribution in [1.29, 1.82) is 0 Å². The number of carboxylic acid groups (broad SMARTS) is 1. The monoisotopic (exact) mass is 294 g/mol. The molecular weight excluding hydrogens is 272 g/mol. The highest BCUT2D eigenvalue weighted by atomic mass is 16.6. The van der Waals surface area contributed by atoms with Gasteiger partial charge in [-0.25, -0.2) is 9.59 Å². The third kappa shape index (κ3) is 4.98. The molecule has 6 nitrogen and oxygen atoms in total. The summed E-state index contributed by atoms with van der Waals surface area (Å²) in [5.74, 6) is 0.302. The van der Waals surface area contributed by atoms with E-state index in [9.17, 15) is 9.59 Å². The topological polar surface area (TPSA) is 78.9 Å². The molecule has 0 aliphatic heterocycles. The van der Waals surface area contributed by atoms with Gasteiger partial charge in [-0.2, -0.15) is 0 Å². The van der Waals surface area contributed by atoms with E-state index in [1.807, 2.05) is 20.8 Å². The van der Waals surface area contributed by atoms with E-state index in [1.54, 1.807) is 25.1 Å². The number of anilines is 1. The Morgan fingerprint density at radius 3 is 2.52 bits per heavy atom. The SMILES string of the molecule is CCN(C(=O)O)c1cccc(OC(=O)NC(C)(C)CC)c1. The van der Waals surface area contributed by atoms with Crippen LogP contribution < -0.4 is 15.0 Å². The van der Waals surface area contributed by atoms with E-state index in [0.717, 1.165) is 6.42 Å². The molecule has 0 heterocycles. The number of nitrogens with one attached hydrogen (secondary N) is 1. The maximum absolute atomic E-state index is 11.8. The lowest BCUT2D eigenvalue weighted by atomic mass is 10.0. The molecule has 2 N–H and O–H groups in total. The first-order valence-corrected chi connectivity index (χ1v) is 6.89. The molecule has 116 valence electrons. The van der Waals surface area contributed by atoms with Gasteiger partial charge in [-0.05, 0) is 39.3 Å². The van der Waals surface area contributed by atoms with Gasteiger partial charge < -0.3 is 15.2 Å². The van der Waals surface area contributed by atoms with Crippen LogP contribution in [-0.4, -0.2) is 29.4 Å². The lowest BCUT2D eigenvalue weighted by molar-refractivity contribution is 0.187. The summed E-state index contributed by atoms with van der Waals surface area (Å²) >= 11 is 0. The van der Waals surface area contributed by atoms with E-state index in [2.05, 4.69) is 5.32 Å². The van der Waals surface area contributed by atoms with E-state index >= 15 is 0 Å². The molecular formula is C15H22N2O4. The van der Waals surface area contributed by atoms with Gasteiger partial charge in [0.25, 0.3) is 0 Å². The number of benzene rings is 1. The predicted octanol–water partition coefficient (Wildman–Crippen LogP) is 3.47. The summed E-state index contributed by atoms with van der Waals surface area (Å²) < 4.78 is 5.20. The Morgan fingerprint density at radius 1 is 1.33 bits per heavy atom. The molecule has 0 aliphatic carbocycles. The highest BCUT2D eigenvalue weighted by Crippen LogP contribution is 2.21. The first-order chi connectivity index (χ1) is 9.79. The average Bonchev–Trinajstić information content (AvgIpc) is 2.38. The molecule has 0 fully saturated rings. The van der Waals surface area contributed by atoms with Crippen LogP contribution in [0.2, 0.25) is 0 Å². The molecule has 0 saturated heterocycles. The Hall–Kier alpha value is -2.24. The molecule has 0 spiro atoms. The number of carbonyl (C=O) groups is 2. The van der Waals surface area contributed by atoms with Crippen molar-refractivity contribution in [2.24, 2.45) is 0 Å². The molecule has 0 atom stereocenters. The second kappa shape index (κ2) is 6.97. The third-order valence-corrected chi connectivity index (χ3v) is 3.21. The molecule has 0 radical (unpaired) electrons. The summed E-state index contributed by atoms with van der Waals surface area (Å²) in [6.45, 7) is 7.81. The fourth-order valence-electron chi connectivity index (χ4n) is 1.64. The maximum atomic E-state index is 11.8. The minimum Gasteiger partial charge on any atom is -0.465 e. The van der Waals surface area contributed by atoms with Crippen molar-refractivity contribution in [2.75, 3.05) is 11.4 Å². The minimum absolute atomic E-state index is 0.302. The molecule has 1 aromatic rings. The zero-order chi connectivity index (χ0) is 16.0. The van der Waals surface area contributed by atoms with Crippen LogP contribution in [0.25, 0.3) is 0 Å². The first-order valence-electron chi connectivity index (χ1n) is 6.89. The van der Waals surface area contributed by atoms with Crippen LogP contribution in [-0.2, 0) is 0 Å². The van der Waals surface area contributed by atoms with Crippen molar-refractivity contribution in [3.63, 3.8) is 0 Å². The first kappa shape index (κ1) is 16.8. The minimum atomic E-state index is -1.05. The summed E-state index contributed by atoms with van der Waals surface area (Å²) in [5, 5.41) is 11.8. The number of amides is 2. The molecule has 0 bridgehead atoms. The Kier molecular flexibility index (Phi) is 5.58. The molecule has 0 unspecified atom stereocenters. The van der Waals surface area contributed by atoms with E-state index in [-0.39, 0.29) is 5.54 Å². The predicted molar refractivity (Wildman–Crippen MR) is 81.0 cm³/mol. The Bertz CT molecular complexity index is 514. The lowest BCUT2D eigenvalue weighted by Gasteiger charge is -2.24. The summed E-state index contributed by atoms with van der Waals surface area (Å²) in [6, 6.07) is 6.43. The van der Waals surface area contributed by atoms with Crippen LogP contribution in [0.5, 0.6) is 5.75 Å². The molecule has 0 aliphatic rings. The average molecular weight is 294 g/mol. The van der Waals surface area contributed by atoms with Gasteiger partial charge in [0.15, 0.2) is 0 Å². The van der Waals surface area contributed by atoms with E-state index < -0.39 is 12.2 Å². The number of ether oxygens (including phenoxy) is 1. The van der Waals surface area contributed by atoms with Crippen LogP contribution in [0, 0.1) is 0 Å². The molecule has 1 aromatic carbocycles. The van der Waals surface area contributed by atoms with Gasteiger partial charge in [0.05, 0.1) is 5.69 Å². The van der Waals surface area contributed by atoms with Gasteiger partial charge >= 0.3 is 12.2 Å². The highest BCUT2D eigenvalue weighted by Gasteiger charge is 2.19. The van der Waals surface area contributed by atoms with Crippen LogP contribution in [0.1, 0.15) is 34.1 Å². The number of hydrogen-bond donors (Lipinski definition) is 2. The standard InChI is InChI=1S/C15H22N2O4/c1-5-15(3,4)16-13(18)21-12-9-7-8-11(10-12)17(6-2)14(19)20/h7-10H,5-6H2,1-4H3,(H,16,18)(H,19,20). The van der Waals surface area contributed by atoms with Crippen molar-refractivity contribution >= 4 is 17.9 Å². The van der Waals surface area contributed by atoms with Crippen LogP contribution in [0.3, 0.4) is 0 Å². The second-order valence-corrected chi connectivity index (χ2v) is 5.28. The maximum Gasteiger partial charge on any atom is 0.413 e. The molecule has 0 aromatic heterocycles.